The van der Waals surface area contributed by atoms with Gasteiger partial charge in [-0.3, -0.25) is 10.1 Å². The van der Waals surface area contributed by atoms with Crippen LogP contribution in [0.15, 0.2) is 23.1 Å². The van der Waals surface area contributed by atoms with Gasteiger partial charge in [0.15, 0.2) is 0 Å². The normalized spacial score (nSPS) is 11.7. The van der Waals surface area contributed by atoms with E-state index in [9.17, 15) is 22.9 Å². The van der Waals surface area contributed by atoms with E-state index in [2.05, 4.69) is 4.72 Å². The number of non-ortho nitro benzene ring substituents is 1. The summed E-state index contributed by atoms with van der Waals surface area (Å²) in [6.07, 6.45) is 0. The molecule has 0 heterocycles. The number of halogens is 1. The third-order valence-corrected chi connectivity index (χ3v) is 4.71. The number of benzene rings is 1. The molecule has 0 fully saturated rings. The second-order valence-corrected chi connectivity index (χ2v) is 7.24. The van der Waals surface area contributed by atoms with Crippen molar-refractivity contribution in [3.05, 3.63) is 34.1 Å². The molecule has 1 rings (SSSR count). The van der Waals surface area contributed by atoms with Gasteiger partial charge in [0.25, 0.3) is 5.69 Å². The number of ether oxygens (including phenoxy) is 4. The molecule has 1 aromatic carbocycles. The van der Waals surface area contributed by atoms with Gasteiger partial charge in [0, 0.05) is 12.6 Å². The molecule has 11 nitrogen and oxygen atoms in total. The fraction of sp³-hybridized carbons (Fsp3) is 0.625. The van der Waals surface area contributed by atoms with Crippen LogP contribution in [0.5, 0.6) is 0 Å². The third-order valence-electron chi connectivity index (χ3n) is 3.27. The standard InChI is InChI=1S/C16H25FN2O9S/c17-14-11-15(19(21)22)13-16(12-14)29(23,24)18-1-3-25-5-7-27-9-10-28-8-6-26-4-2-20/h11-13,18,20H,1-10H2. The molecule has 0 atom stereocenters. The lowest BCUT2D eigenvalue weighted by atomic mass is 10.3. The van der Waals surface area contributed by atoms with Gasteiger partial charge in [0.2, 0.25) is 10.0 Å². The number of nitrogens with one attached hydrogen (secondary N) is 1. The van der Waals surface area contributed by atoms with Crippen LogP contribution in [0.1, 0.15) is 0 Å². The van der Waals surface area contributed by atoms with Crippen molar-refractivity contribution >= 4 is 15.7 Å². The van der Waals surface area contributed by atoms with Gasteiger partial charge in [0.1, 0.15) is 5.82 Å². The minimum absolute atomic E-state index is 0.0299. The van der Waals surface area contributed by atoms with E-state index in [0.29, 0.717) is 38.6 Å². The smallest absolute Gasteiger partial charge is 0.273 e. The van der Waals surface area contributed by atoms with Gasteiger partial charge in [-0.2, -0.15) is 0 Å². The first-order valence-electron chi connectivity index (χ1n) is 8.73. The first-order valence-corrected chi connectivity index (χ1v) is 10.2. The number of rotatable bonds is 17. The summed E-state index contributed by atoms with van der Waals surface area (Å²) in [4.78, 5) is 9.29. The van der Waals surface area contributed by atoms with Crippen LogP contribution >= 0.6 is 0 Å². The average molecular weight is 440 g/mol. The molecule has 0 amide bonds. The maximum absolute atomic E-state index is 13.4. The highest BCUT2D eigenvalue weighted by Crippen LogP contribution is 2.19. The van der Waals surface area contributed by atoms with Crippen LogP contribution in [0.4, 0.5) is 10.1 Å². The molecule has 0 aliphatic rings. The first-order chi connectivity index (χ1) is 13.9. The van der Waals surface area contributed by atoms with Gasteiger partial charge in [0.05, 0.1) is 75.3 Å². The predicted octanol–water partition coefficient (Wildman–Crippen LogP) is 0.0709. The Labute approximate surface area is 167 Å². The molecule has 13 heteroatoms. The number of hydrogen-bond donors (Lipinski definition) is 2. The Hall–Kier alpha value is -1.74. The van der Waals surface area contributed by atoms with E-state index >= 15 is 0 Å². The number of nitrogens with zero attached hydrogens (tertiary/aromatic N) is 1. The Morgan fingerprint density at radius 1 is 0.931 bits per heavy atom. The Kier molecular flexibility index (Phi) is 12.5. The molecule has 0 aliphatic heterocycles. The molecular formula is C16H25FN2O9S. The Bertz CT molecular complexity index is 718. The number of hydrogen-bond acceptors (Lipinski definition) is 9. The second kappa shape index (κ2) is 14.3. The predicted molar refractivity (Wildman–Crippen MR) is 98.6 cm³/mol. The second-order valence-electron chi connectivity index (χ2n) is 5.47. The van der Waals surface area contributed by atoms with E-state index in [0.717, 1.165) is 6.07 Å². The van der Waals surface area contributed by atoms with Crippen LogP contribution < -0.4 is 4.72 Å². The number of sulfonamides is 1. The van der Waals surface area contributed by atoms with Crippen LogP contribution in [0, 0.1) is 15.9 Å². The molecule has 0 unspecified atom stereocenters. The maximum Gasteiger partial charge on any atom is 0.273 e. The molecule has 0 bridgehead atoms. The molecule has 0 aromatic heterocycles. The number of nitro groups is 1. The zero-order valence-corrected chi connectivity index (χ0v) is 16.6. The monoisotopic (exact) mass is 440 g/mol. The van der Waals surface area contributed by atoms with E-state index in [1.54, 1.807) is 0 Å². The summed E-state index contributed by atoms with van der Waals surface area (Å²) < 4.78 is 60.4. The molecule has 0 saturated heterocycles. The van der Waals surface area contributed by atoms with E-state index in [1.807, 2.05) is 0 Å². The largest absolute Gasteiger partial charge is 0.394 e. The van der Waals surface area contributed by atoms with E-state index in [1.165, 1.54) is 0 Å². The van der Waals surface area contributed by atoms with Crippen molar-refractivity contribution in [3.8, 4) is 0 Å². The van der Waals surface area contributed by atoms with Crippen molar-refractivity contribution in [3.63, 3.8) is 0 Å². The maximum atomic E-state index is 13.4. The van der Waals surface area contributed by atoms with Gasteiger partial charge in [-0.15, -0.1) is 0 Å². The van der Waals surface area contributed by atoms with Gasteiger partial charge < -0.3 is 24.1 Å². The number of aliphatic hydroxyl groups excluding tert-OH is 1. The fourth-order valence-electron chi connectivity index (χ4n) is 1.97. The van der Waals surface area contributed by atoms with Crippen molar-refractivity contribution in [2.24, 2.45) is 0 Å². The van der Waals surface area contributed by atoms with Crippen LogP contribution in [-0.2, 0) is 29.0 Å². The molecular weight excluding hydrogens is 415 g/mol. The van der Waals surface area contributed by atoms with Gasteiger partial charge in [-0.05, 0) is 6.07 Å². The summed E-state index contributed by atoms with van der Waals surface area (Å²) in [6.45, 7) is 2.23. The van der Waals surface area contributed by atoms with E-state index in [4.69, 9.17) is 24.1 Å². The summed E-state index contributed by atoms with van der Waals surface area (Å²) in [5.74, 6) is -1.02. The van der Waals surface area contributed by atoms with Gasteiger partial charge in [-0.25, -0.2) is 17.5 Å². The quantitative estimate of drug-likeness (QED) is 0.195. The Morgan fingerprint density at radius 2 is 1.45 bits per heavy atom. The Balaban J connectivity index is 2.12. The molecule has 0 spiro atoms. The van der Waals surface area contributed by atoms with Crippen molar-refractivity contribution in [2.45, 2.75) is 4.90 Å². The zero-order chi connectivity index (χ0) is 21.5. The molecule has 0 saturated carbocycles. The van der Waals surface area contributed by atoms with Crippen LogP contribution in [-0.4, -0.2) is 84.5 Å². The van der Waals surface area contributed by atoms with Gasteiger partial charge in [-0.1, -0.05) is 0 Å². The molecule has 0 aliphatic carbocycles. The topological polar surface area (TPSA) is 146 Å². The third kappa shape index (κ3) is 11.1. The molecule has 2 N–H and O–H groups in total. The van der Waals surface area contributed by atoms with Crippen molar-refractivity contribution in [1.29, 1.82) is 0 Å². The molecule has 166 valence electrons. The Morgan fingerprint density at radius 3 is 1.97 bits per heavy atom. The number of nitro benzene ring substituents is 1. The molecule has 1 aromatic rings. The minimum Gasteiger partial charge on any atom is -0.394 e. The van der Waals surface area contributed by atoms with Crippen molar-refractivity contribution in [2.75, 3.05) is 66.0 Å². The summed E-state index contributed by atoms with van der Waals surface area (Å²) in [7, 11) is -4.10. The summed E-state index contributed by atoms with van der Waals surface area (Å²) in [5, 5.41) is 19.2. The average Bonchev–Trinajstić information content (AvgIpc) is 2.67. The van der Waals surface area contributed by atoms with Crippen LogP contribution in [0.2, 0.25) is 0 Å². The van der Waals surface area contributed by atoms with Crippen molar-refractivity contribution in [1.82, 2.24) is 4.72 Å². The minimum atomic E-state index is -4.10. The van der Waals surface area contributed by atoms with Crippen molar-refractivity contribution < 1.29 is 41.8 Å². The lowest BCUT2D eigenvalue weighted by Gasteiger charge is -2.09. The van der Waals surface area contributed by atoms with Gasteiger partial charge >= 0.3 is 0 Å². The van der Waals surface area contributed by atoms with E-state index in [-0.39, 0.29) is 39.6 Å². The van der Waals surface area contributed by atoms with Crippen LogP contribution in [0.25, 0.3) is 0 Å². The number of aliphatic hydroxyl groups is 1. The highest BCUT2D eigenvalue weighted by molar-refractivity contribution is 7.89. The fourth-order valence-corrected chi connectivity index (χ4v) is 3.03. The summed E-state index contributed by atoms with van der Waals surface area (Å²) in [5.41, 5.74) is -0.652. The molecule has 0 radical (unpaired) electrons. The lowest BCUT2D eigenvalue weighted by Crippen LogP contribution is -2.28. The molecule has 29 heavy (non-hydrogen) atoms. The summed E-state index contributed by atoms with van der Waals surface area (Å²) >= 11 is 0. The van der Waals surface area contributed by atoms with Crippen LogP contribution in [0.3, 0.4) is 0 Å². The lowest BCUT2D eigenvalue weighted by molar-refractivity contribution is -0.385. The highest BCUT2D eigenvalue weighted by Gasteiger charge is 2.19. The highest BCUT2D eigenvalue weighted by atomic mass is 32.2. The van der Waals surface area contributed by atoms with E-state index < -0.39 is 31.3 Å². The summed E-state index contributed by atoms with van der Waals surface area (Å²) in [6, 6.07) is 2.12. The first kappa shape index (κ1) is 25.3. The SMILES string of the molecule is O=[N+]([O-])c1cc(F)cc(S(=O)(=O)NCCOCCOCCOCCOCCO)c1. The zero-order valence-electron chi connectivity index (χ0n) is 15.7.